The zero-order valence-corrected chi connectivity index (χ0v) is 11.0. The Morgan fingerprint density at radius 1 is 0.900 bits per heavy atom. The van der Waals surface area contributed by atoms with Crippen molar-refractivity contribution in [3.05, 3.63) is 60.2 Å². The first-order valence-corrected chi connectivity index (χ1v) is 6.59. The van der Waals surface area contributed by atoms with Gasteiger partial charge in [0.1, 0.15) is 11.2 Å². The number of ketones is 1. The summed E-state index contributed by atoms with van der Waals surface area (Å²) in [5.41, 5.74) is 2.31. The molecule has 0 bridgehead atoms. The maximum atomic E-state index is 11.8. The molecule has 4 rings (SSSR count). The van der Waals surface area contributed by atoms with Crippen molar-refractivity contribution in [2.45, 2.75) is 6.92 Å². The van der Waals surface area contributed by atoms with E-state index in [1.54, 1.807) is 6.92 Å². The Morgan fingerprint density at radius 2 is 1.65 bits per heavy atom. The van der Waals surface area contributed by atoms with Gasteiger partial charge in [-0.2, -0.15) is 0 Å². The molecule has 0 N–H and O–H groups in total. The summed E-state index contributed by atoms with van der Waals surface area (Å²) in [5.74, 6) is 0.0615. The van der Waals surface area contributed by atoms with Gasteiger partial charge >= 0.3 is 0 Å². The largest absolute Gasteiger partial charge is 0.456 e. The third kappa shape index (κ3) is 1.48. The topological polar surface area (TPSA) is 30.2 Å². The van der Waals surface area contributed by atoms with Gasteiger partial charge in [0.05, 0.1) is 0 Å². The summed E-state index contributed by atoms with van der Waals surface area (Å²) in [6.07, 6.45) is 0. The summed E-state index contributed by atoms with van der Waals surface area (Å²) in [6, 6.07) is 17.9. The minimum absolute atomic E-state index is 0.0615. The van der Waals surface area contributed by atoms with Crippen LogP contribution in [-0.4, -0.2) is 5.78 Å². The average Bonchev–Trinajstić information content (AvgIpc) is 2.82. The molecule has 1 heterocycles. The summed E-state index contributed by atoms with van der Waals surface area (Å²) < 4.78 is 5.90. The predicted octanol–water partition coefficient (Wildman–Crippen LogP) is 4.94. The van der Waals surface area contributed by atoms with Gasteiger partial charge in [-0.15, -0.1) is 0 Å². The second kappa shape index (κ2) is 3.94. The maximum Gasteiger partial charge on any atom is 0.160 e. The van der Waals surface area contributed by atoms with Gasteiger partial charge in [-0.1, -0.05) is 36.4 Å². The number of hydrogen-bond donors (Lipinski definition) is 0. The van der Waals surface area contributed by atoms with Crippen LogP contribution in [0, 0.1) is 0 Å². The van der Waals surface area contributed by atoms with E-state index in [-0.39, 0.29) is 5.78 Å². The van der Waals surface area contributed by atoms with E-state index in [1.165, 1.54) is 0 Å². The lowest BCUT2D eigenvalue weighted by atomic mass is 10.0. The van der Waals surface area contributed by atoms with E-state index in [9.17, 15) is 4.79 Å². The summed E-state index contributed by atoms with van der Waals surface area (Å²) in [5, 5.41) is 4.22. The molecule has 4 aromatic rings. The SMILES string of the molecule is CC(=O)c1cccc2oc3cc4ccccc4cc3c12. The molecule has 0 saturated carbocycles. The van der Waals surface area contributed by atoms with E-state index in [0.717, 1.165) is 38.3 Å². The van der Waals surface area contributed by atoms with Crippen molar-refractivity contribution in [3.63, 3.8) is 0 Å². The number of hydrogen-bond acceptors (Lipinski definition) is 2. The standard InChI is InChI=1S/C18H12O2/c1-11(19)14-7-4-8-16-18(14)15-9-12-5-2-3-6-13(12)10-17(15)20-16/h2-10H,1H3. The van der Waals surface area contributed by atoms with Crippen molar-refractivity contribution < 1.29 is 9.21 Å². The van der Waals surface area contributed by atoms with Crippen LogP contribution in [-0.2, 0) is 0 Å². The molecular weight excluding hydrogens is 248 g/mol. The molecular formula is C18H12O2. The van der Waals surface area contributed by atoms with E-state index < -0.39 is 0 Å². The van der Waals surface area contributed by atoms with E-state index in [4.69, 9.17) is 4.42 Å². The Morgan fingerprint density at radius 3 is 2.40 bits per heavy atom. The van der Waals surface area contributed by atoms with Crippen LogP contribution in [0.15, 0.2) is 59.0 Å². The van der Waals surface area contributed by atoms with Crippen LogP contribution in [0.2, 0.25) is 0 Å². The monoisotopic (exact) mass is 260 g/mol. The van der Waals surface area contributed by atoms with Gasteiger partial charge in [0.15, 0.2) is 5.78 Å². The van der Waals surface area contributed by atoms with Crippen molar-refractivity contribution in [1.82, 2.24) is 0 Å². The third-order valence-corrected chi connectivity index (χ3v) is 3.74. The van der Waals surface area contributed by atoms with Crippen LogP contribution in [0.25, 0.3) is 32.7 Å². The molecule has 2 nitrogen and oxygen atoms in total. The van der Waals surface area contributed by atoms with Crippen LogP contribution >= 0.6 is 0 Å². The smallest absolute Gasteiger partial charge is 0.160 e. The quantitative estimate of drug-likeness (QED) is 0.454. The van der Waals surface area contributed by atoms with Gasteiger partial charge in [0, 0.05) is 16.3 Å². The molecule has 0 fully saturated rings. The van der Waals surface area contributed by atoms with Crippen molar-refractivity contribution in [2.24, 2.45) is 0 Å². The first kappa shape index (κ1) is 11.2. The molecule has 0 unspecified atom stereocenters. The number of benzene rings is 3. The Balaban J connectivity index is 2.25. The molecule has 0 amide bonds. The lowest BCUT2D eigenvalue weighted by Gasteiger charge is -1.99. The molecule has 0 spiro atoms. The molecule has 96 valence electrons. The Kier molecular flexibility index (Phi) is 2.21. The molecule has 20 heavy (non-hydrogen) atoms. The van der Waals surface area contributed by atoms with Crippen molar-refractivity contribution in [3.8, 4) is 0 Å². The maximum absolute atomic E-state index is 11.8. The van der Waals surface area contributed by atoms with Crippen molar-refractivity contribution >= 4 is 38.5 Å². The molecule has 1 aromatic heterocycles. The summed E-state index contributed by atoms with van der Waals surface area (Å²) >= 11 is 0. The predicted molar refractivity (Wildman–Crippen MR) is 81.2 cm³/mol. The third-order valence-electron chi connectivity index (χ3n) is 3.74. The molecule has 0 saturated heterocycles. The van der Waals surface area contributed by atoms with Crippen LogP contribution in [0.5, 0.6) is 0 Å². The highest BCUT2D eigenvalue weighted by atomic mass is 16.3. The molecule has 3 aromatic carbocycles. The average molecular weight is 260 g/mol. The first-order chi connectivity index (χ1) is 9.74. The van der Waals surface area contributed by atoms with Crippen molar-refractivity contribution in [2.75, 3.05) is 0 Å². The number of carbonyl (C=O) groups is 1. The molecule has 0 aliphatic heterocycles. The molecule has 0 radical (unpaired) electrons. The number of rotatable bonds is 1. The minimum atomic E-state index is 0.0615. The van der Waals surface area contributed by atoms with Crippen LogP contribution in [0.3, 0.4) is 0 Å². The summed E-state index contributed by atoms with van der Waals surface area (Å²) in [4.78, 5) is 11.8. The van der Waals surface area contributed by atoms with Gasteiger partial charge in [0.25, 0.3) is 0 Å². The fraction of sp³-hybridized carbons (Fsp3) is 0.0556. The van der Waals surface area contributed by atoms with Crippen LogP contribution in [0.1, 0.15) is 17.3 Å². The Labute approximate surface area is 115 Å². The second-order valence-corrected chi connectivity index (χ2v) is 5.03. The summed E-state index contributed by atoms with van der Waals surface area (Å²) in [6.45, 7) is 1.59. The zero-order chi connectivity index (χ0) is 13.7. The van der Waals surface area contributed by atoms with E-state index in [1.807, 2.05) is 36.4 Å². The lowest BCUT2D eigenvalue weighted by Crippen LogP contribution is -1.91. The molecule has 0 atom stereocenters. The normalized spacial score (nSPS) is 11.4. The lowest BCUT2D eigenvalue weighted by molar-refractivity contribution is 0.101. The highest BCUT2D eigenvalue weighted by Gasteiger charge is 2.13. The van der Waals surface area contributed by atoms with Gasteiger partial charge in [-0.05, 0) is 35.9 Å². The van der Waals surface area contributed by atoms with Crippen molar-refractivity contribution in [1.29, 1.82) is 0 Å². The Bertz CT molecular complexity index is 977. The van der Waals surface area contributed by atoms with Gasteiger partial charge in [0.2, 0.25) is 0 Å². The molecule has 0 aliphatic rings. The minimum Gasteiger partial charge on any atom is -0.456 e. The highest BCUT2D eigenvalue weighted by molar-refractivity contribution is 6.18. The van der Waals surface area contributed by atoms with E-state index >= 15 is 0 Å². The van der Waals surface area contributed by atoms with Crippen LogP contribution < -0.4 is 0 Å². The van der Waals surface area contributed by atoms with E-state index in [2.05, 4.69) is 18.2 Å². The van der Waals surface area contributed by atoms with Gasteiger partial charge < -0.3 is 4.42 Å². The summed E-state index contributed by atoms with van der Waals surface area (Å²) in [7, 11) is 0. The number of carbonyl (C=O) groups excluding carboxylic acids is 1. The zero-order valence-electron chi connectivity index (χ0n) is 11.0. The van der Waals surface area contributed by atoms with Gasteiger partial charge in [-0.3, -0.25) is 4.79 Å². The fourth-order valence-corrected chi connectivity index (χ4v) is 2.81. The Hall–Kier alpha value is -2.61. The van der Waals surface area contributed by atoms with Crippen LogP contribution in [0.4, 0.5) is 0 Å². The molecule has 2 heteroatoms. The number of Topliss-reactive ketones (excluding diaryl/α,β-unsaturated/α-hetero) is 1. The van der Waals surface area contributed by atoms with E-state index in [0.29, 0.717) is 0 Å². The number of furan rings is 1. The molecule has 0 aliphatic carbocycles. The highest BCUT2D eigenvalue weighted by Crippen LogP contribution is 2.34. The first-order valence-electron chi connectivity index (χ1n) is 6.59. The fourth-order valence-electron chi connectivity index (χ4n) is 2.81. The second-order valence-electron chi connectivity index (χ2n) is 5.03. The van der Waals surface area contributed by atoms with Gasteiger partial charge in [-0.25, -0.2) is 0 Å². The number of fused-ring (bicyclic) bond motifs is 4.